The van der Waals surface area contributed by atoms with E-state index in [0.29, 0.717) is 5.92 Å². The van der Waals surface area contributed by atoms with Crippen LogP contribution < -0.4 is 5.32 Å². The molecule has 1 N–H and O–H groups in total. The van der Waals surface area contributed by atoms with E-state index in [1.54, 1.807) is 0 Å². The van der Waals surface area contributed by atoms with E-state index in [2.05, 4.69) is 34.1 Å². The average molecular weight is 328 g/mol. The predicted octanol–water partition coefficient (Wildman–Crippen LogP) is 0.974. The summed E-state index contributed by atoms with van der Waals surface area (Å²) in [6, 6.07) is 0.131. The SMILES string of the molecule is CN(C)CC1CN(C(=S)N2CC(NC(=O)OC(C)(C)C)C2)C1. The number of nitrogens with one attached hydrogen (secondary N) is 1. The van der Waals surface area contributed by atoms with Gasteiger partial charge in [0.25, 0.3) is 0 Å². The van der Waals surface area contributed by atoms with Crippen LogP contribution in [0.2, 0.25) is 0 Å². The quantitative estimate of drug-likeness (QED) is 0.779. The maximum absolute atomic E-state index is 11.7. The summed E-state index contributed by atoms with van der Waals surface area (Å²) in [6.07, 6.45) is -0.349. The van der Waals surface area contributed by atoms with Crippen molar-refractivity contribution < 1.29 is 9.53 Å². The standard InChI is InChI=1S/C15H28N4O2S/c1-15(2,3)21-13(20)16-12-9-19(10-12)14(22)18-7-11(8-18)6-17(4)5/h11-12H,6-10H2,1-5H3,(H,16,20). The highest BCUT2D eigenvalue weighted by Crippen LogP contribution is 2.21. The number of hydrogen-bond donors (Lipinski definition) is 1. The Morgan fingerprint density at radius 3 is 2.27 bits per heavy atom. The first kappa shape index (κ1) is 17.3. The Kier molecular flexibility index (Phi) is 5.17. The second-order valence-corrected chi connectivity index (χ2v) is 7.93. The van der Waals surface area contributed by atoms with Crippen LogP contribution in [0, 0.1) is 5.92 Å². The normalized spacial score (nSPS) is 19.7. The summed E-state index contributed by atoms with van der Waals surface area (Å²) in [5.74, 6) is 0.713. The number of hydrogen-bond acceptors (Lipinski definition) is 4. The third-order valence-electron chi connectivity index (χ3n) is 3.72. The van der Waals surface area contributed by atoms with Gasteiger partial charge in [-0.05, 0) is 47.1 Å². The van der Waals surface area contributed by atoms with Crippen molar-refractivity contribution in [2.45, 2.75) is 32.4 Å². The minimum absolute atomic E-state index is 0.131. The van der Waals surface area contributed by atoms with Crippen LogP contribution >= 0.6 is 12.2 Å². The van der Waals surface area contributed by atoms with Gasteiger partial charge in [0.2, 0.25) is 0 Å². The molecule has 0 bridgehead atoms. The molecule has 2 fully saturated rings. The molecule has 0 atom stereocenters. The van der Waals surface area contributed by atoms with E-state index in [1.165, 1.54) is 0 Å². The van der Waals surface area contributed by atoms with E-state index in [-0.39, 0.29) is 12.1 Å². The summed E-state index contributed by atoms with van der Waals surface area (Å²) in [6.45, 7) is 10.3. The first-order valence-corrected chi connectivity index (χ1v) is 8.23. The molecular weight excluding hydrogens is 300 g/mol. The first-order valence-electron chi connectivity index (χ1n) is 7.82. The van der Waals surface area contributed by atoms with Crippen molar-refractivity contribution in [3.05, 3.63) is 0 Å². The molecule has 0 spiro atoms. The van der Waals surface area contributed by atoms with Gasteiger partial charge in [-0.3, -0.25) is 0 Å². The maximum atomic E-state index is 11.7. The fourth-order valence-corrected chi connectivity index (χ4v) is 3.06. The molecule has 0 unspecified atom stereocenters. The van der Waals surface area contributed by atoms with Gasteiger partial charge in [-0.1, -0.05) is 0 Å². The Hall–Kier alpha value is -1.08. The van der Waals surface area contributed by atoms with Crippen LogP contribution in [0.25, 0.3) is 0 Å². The van der Waals surface area contributed by atoms with Crippen LogP contribution in [-0.4, -0.2) is 84.4 Å². The van der Waals surface area contributed by atoms with Crippen molar-refractivity contribution in [1.82, 2.24) is 20.0 Å². The fourth-order valence-electron chi connectivity index (χ4n) is 2.76. The largest absolute Gasteiger partial charge is 0.444 e. The molecule has 2 saturated heterocycles. The van der Waals surface area contributed by atoms with E-state index in [1.807, 2.05) is 20.8 Å². The Morgan fingerprint density at radius 1 is 1.23 bits per heavy atom. The number of carbonyl (C=O) groups excluding carboxylic acids is 1. The van der Waals surface area contributed by atoms with Gasteiger partial charge < -0.3 is 24.8 Å². The summed E-state index contributed by atoms with van der Waals surface area (Å²) in [5.41, 5.74) is -0.456. The van der Waals surface area contributed by atoms with Crippen molar-refractivity contribution >= 4 is 23.4 Å². The van der Waals surface area contributed by atoms with Gasteiger partial charge in [-0.25, -0.2) is 4.79 Å². The highest BCUT2D eigenvalue weighted by atomic mass is 32.1. The van der Waals surface area contributed by atoms with Crippen LogP contribution in [0.1, 0.15) is 20.8 Å². The van der Waals surface area contributed by atoms with Gasteiger partial charge in [-0.15, -0.1) is 0 Å². The molecule has 0 aromatic heterocycles. The predicted molar refractivity (Wildman–Crippen MR) is 90.9 cm³/mol. The molecule has 2 rings (SSSR count). The zero-order valence-corrected chi connectivity index (χ0v) is 15.1. The third-order valence-corrected chi connectivity index (χ3v) is 4.24. The van der Waals surface area contributed by atoms with Crippen LogP contribution in [0.3, 0.4) is 0 Å². The van der Waals surface area contributed by atoms with Crippen molar-refractivity contribution in [3.63, 3.8) is 0 Å². The highest BCUT2D eigenvalue weighted by Gasteiger charge is 2.37. The number of likely N-dealkylation sites (tertiary alicyclic amines) is 2. The Balaban J connectivity index is 1.63. The summed E-state index contributed by atoms with van der Waals surface area (Å²) in [4.78, 5) is 18.3. The van der Waals surface area contributed by atoms with Crippen molar-refractivity contribution in [2.75, 3.05) is 46.8 Å². The number of thiocarbonyl (C=S) groups is 1. The minimum atomic E-state index is -0.456. The lowest BCUT2D eigenvalue weighted by Crippen LogP contribution is -2.66. The Morgan fingerprint density at radius 2 is 1.77 bits per heavy atom. The van der Waals surface area contributed by atoms with Gasteiger partial charge in [0.15, 0.2) is 5.11 Å². The monoisotopic (exact) mass is 328 g/mol. The van der Waals surface area contributed by atoms with Crippen LogP contribution in [0.4, 0.5) is 4.79 Å². The zero-order chi connectivity index (χ0) is 16.5. The van der Waals surface area contributed by atoms with Gasteiger partial charge in [0.05, 0.1) is 6.04 Å². The number of carbonyl (C=O) groups is 1. The maximum Gasteiger partial charge on any atom is 0.407 e. The average Bonchev–Trinajstić information content (AvgIpc) is 2.23. The molecule has 0 aliphatic carbocycles. The lowest BCUT2D eigenvalue weighted by molar-refractivity contribution is 0.0439. The summed E-state index contributed by atoms with van der Waals surface area (Å²) < 4.78 is 5.25. The van der Waals surface area contributed by atoms with Gasteiger partial charge in [-0.2, -0.15) is 0 Å². The van der Waals surface area contributed by atoms with Crippen molar-refractivity contribution in [3.8, 4) is 0 Å². The number of ether oxygens (including phenoxy) is 1. The highest BCUT2D eigenvalue weighted by molar-refractivity contribution is 7.80. The summed E-state index contributed by atoms with van der Waals surface area (Å²) in [5, 5.41) is 3.79. The van der Waals surface area contributed by atoms with Crippen LogP contribution in [0.5, 0.6) is 0 Å². The second kappa shape index (κ2) is 6.58. The van der Waals surface area contributed by atoms with E-state index < -0.39 is 5.60 Å². The van der Waals surface area contributed by atoms with E-state index in [9.17, 15) is 4.79 Å². The molecule has 2 heterocycles. The number of rotatable bonds is 3. The molecule has 1 amide bonds. The Bertz CT molecular complexity index is 424. The van der Waals surface area contributed by atoms with Gasteiger partial charge >= 0.3 is 6.09 Å². The van der Waals surface area contributed by atoms with E-state index in [0.717, 1.165) is 37.8 Å². The summed E-state index contributed by atoms with van der Waals surface area (Å²) in [7, 11) is 4.20. The van der Waals surface area contributed by atoms with E-state index >= 15 is 0 Å². The van der Waals surface area contributed by atoms with Crippen molar-refractivity contribution in [1.29, 1.82) is 0 Å². The molecule has 22 heavy (non-hydrogen) atoms. The number of alkyl carbamates (subject to hydrolysis) is 1. The van der Waals surface area contributed by atoms with Crippen LogP contribution in [-0.2, 0) is 4.74 Å². The molecule has 6 nitrogen and oxygen atoms in total. The molecule has 0 aromatic carbocycles. The molecule has 0 aromatic rings. The molecule has 0 radical (unpaired) electrons. The smallest absolute Gasteiger partial charge is 0.407 e. The van der Waals surface area contributed by atoms with Crippen LogP contribution in [0.15, 0.2) is 0 Å². The van der Waals surface area contributed by atoms with E-state index in [4.69, 9.17) is 17.0 Å². The topological polar surface area (TPSA) is 48.0 Å². The van der Waals surface area contributed by atoms with Gasteiger partial charge in [0, 0.05) is 38.6 Å². The zero-order valence-electron chi connectivity index (χ0n) is 14.3. The Labute approximate surface area is 138 Å². The molecule has 126 valence electrons. The molecule has 2 aliphatic heterocycles. The third kappa shape index (κ3) is 4.71. The van der Waals surface area contributed by atoms with Gasteiger partial charge in [0.1, 0.15) is 5.60 Å². The molecular formula is C15H28N4O2S. The lowest BCUT2D eigenvalue weighted by Gasteiger charge is -2.49. The number of amides is 1. The van der Waals surface area contributed by atoms with Crippen molar-refractivity contribution in [2.24, 2.45) is 5.92 Å². The second-order valence-electron chi connectivity index (χ2n) is 7.56. The summed E-state index contributed by atoms with van der Waals surface area (Å²) >= 11 is 5.52. The minimum Gasteiger partial charge on any atom is -0.444 e. The molecule has 7 heteroatoms. The number of nitrogens with zero attached hydrogens (tertiary/aromatic N) is 3. The fraction of sp³-hybridized carbons (Fsp3) is 0.867. The molecule has 0 saturated carbocycles. The molecule has 2 aliphatic rings. The first-order chi connectivity index (χ1) is 10.1. The lowest BCUT2D eigenvalue weighted by atomic mass is 10.00.